The summed E-state index contributed by atoms with van der Waals surface area (Å²) in [6.45, 7) is 1.40. The van der Waals surface area contributed by atoms with Crippen molar-refractivity contribution in [1.82, 2.24) is 5.32 Å². The van der Waals surface area contributed by atoms with Crippen LogP contribution in [0.15, 0.2) is 48.5 Å². The van der Waals surface area contributed by atoms with Crippen molar-refractivity contribution in [1.29, 1.82) is 0 Å². The van der Waals surface area contributed by atoms with E-state index in [4.69, 9.17) is 9.47 Å². The Kier molecular flexibility index (Phi) is 5.90. The molecule has 0 saturated carbocycles. The zero-order chi connectivity index (χ0) is 20.2. The summed E-state index contributed by atoms with van der Waals surface area (Å²) < 4.78 is 49.3. The molecule has 2 aromatic rings. The van der Waals surface area contributed by atoms with E-state index in [0.717, 1.165) is 12.1 Å². The van der Waals surface area contributed by atoms with Gasteiger partial charge in [0.2, 0.25) is 0 Å². The largest absolute Gasteiger partial charge is 0.457 e. The molecular formula is C20H21F3N2O3. The molecule has 0 atom stereocenters. The highest BCUT2D eigenvalue weighted by molar-refractivity contribution is 5.97. The highest BCUT2D eigenvalue weighted by Gasteiger charge is 2.39. The minimum atomic E-state index is -4.43. The van der Waals surface area contributed by atoms with E-state index in [1.807, 2.05) is 0 Å². The number of ether oxygens (including phenoxy) is 2. The third kappa shape index (κ3) is 4.63. The van der Waals surface area contributed by atoms with Crippen molar-refractivity contribution in [3.63, 3.8) is 0 Å². The average molecular weight is 394 g/mol. The molecule has 0 bridgehead atoms. The topological polar surface area (TPSA) is 59.6 Å². The number of rotatable bonds is 5. The maximum Gasteiger partial charge on any atom is 0.416 e. The van der Waals surface area contributed by atoms with Crippen molar-refractivity contribution < 1.29 is 27.4 Å². The van der Waals surface area contributed by atoms with Crippen LogP contribution in [0, 0.1) is 0 Å². The summed E-state index contributed by atoms with van der Waals surface area (Å²) in [5, 5.41) is 6.02. The number of carbonyl (C=O) groups is 1. The maximum absolute atomic E-state index is 12.8. The molecule has 3 rings (SSSR count). The Bertz CT molecular complexity index is 816. The molecule has 0 aromatic heterocycles. The predicted octanol–water partition coefficient (Wildman–Crippen LogP) is 4.20. The van der Waals surface area contributed by atoms with E-state index in [9.17, 15) is 18.0 Å². The summed E-state index contributed by atoms with van der Waals surface area (Å²) in [6, 6.07) is 11.1. The van der Waals surface area contributed by atoms with Gasteiger partial charge in [0.1, 0.15) is 17.1 Å². The lowest BCUT2D eigenvalue weighted by Gasteiger charge is -2.34. The van der Waals surface area contributed by atoms with Crippen molar-refractivity contribution in [3.05, 3.63) is 54.1 Å². The molecule has 150 valence electrons. The Labute approximate surface area is 160 Å². The Morgan fingerprint density at radius 1 is 1.07 bits per heavy atom. The second kappa shape index (κ2) is 8.20. The third-order valence-electron chi connectivity index (χ3n) is 4.73. The second-order valence-electron chi connectivity index (χ2n) is 6.55. The highest BCUT2D eigenvalue weighted by atomic mass is 19.4. The third-order valence-corrected chi connectivity index (χ3v) is 4.73. The molecule has 1 aliphatic heterocycles. The number of alkyl halides is 3. The minimum absolute atomic E-state index is 0.0830. The molecule has 0 spiro atoms. The van der Waals surface area contributed by atoms with Crippen LogP contribution in [0.4, 0.5) is 18.9 Å². The van der Waals surface area contributed by atoms with Gasteiger partial charge in [-0.05, 0) is 68.4 Å². The number of nitrogens with one attached hydrogen (secondary N) is 2. The van der Waals surface area contributed by atoms with Crippen molar-refractivity contribution >= 4 is 11.6 Å². The van der Waals surface area contributed by atoms with Gasteiger partial charge in [-0.25, -0.2) is 0 Å². The molecule has 0 aliphatic carbocycles. The summed E-state index contributed by atoms with van der Waals surface area (Å²) >= 11 is 0. The summed E-state index contributed by atoms with van der Waals surface area (Å²) in [5.74, 6) is 0.225. The first-order valence-electron chi connectivity index (χ1n) is 8.85. The smallest absolute Gasteiger partial charge is 0.416 e. The Hall–Kier alpha value is -2.58. The van der Waals surface area contributed by atoms with E-state index in [1.165, 1.54) is 19.2 Å². The number of benzene rings is 2. The van der Waals surface area contributed by atoms with E-state index in [0.29, 0.717) is 37.4 Å². The lowest BCUT2D eigenvalue weighted by molar-refractivity contribution is -0.140. The van der Waals surface area contributed by atoms with E-state index >= 15 is 0 Å². The molecule has 1 fully saturated rings. The molecule has 1 saturated heterocycles. The Balaban J connectivity index is 1.66. The van der Waals surface area contributed by atoms with Crippen LogP contribution in [0.1, 0.15) is 18.4 Å². The van der Waals surface area contributed by atoms with Crippen LogP contribution in [-0.2, 0) is 15.7 Å². The van der Waals surface area contributed by atoms with Gasteiger partial charge in [-0.15, -0.1) is 0 Å². The fourth-order valence-electron chi connectivity index (χ4n) is 3.08. The molecule has 0 unspecified atom stereocenters. The predicted molar refractivity (Wildman–Crippen MR) is 98.4 cm³/mol. The van der Waals surface area contributed by atoms with Gasteiger partial charge in [0.15, 0.2) is 0 Å². The maximum atomic E-state index is 12.8. The number of hydrogen-bond donors (Lipinski definition) is 2. The fraction of sp³-hybridized carbons (Fsp3) is 0.350. The van der Waals surface area contributed by atoms with Crippen LogP contribution >= 0.6 is 0 Å². The number of halogens is 3. The van der Waals surface area contributed by atoms with Crippen molar-refractivity contribution in [2.24, 2.45) is 0 Å². The van der Waals surface area contributed by atoms with Gasteiger partial charge in [0, 0.05) is 12.8 Å². The summed E-state index contributed by atoms with van der Waals surface area (Å²) in [5.41, 5.74) is -1.09. The molecule has 8 heteroatoms. The average Bonchev–Trinajstić information content (AvgIpc) is 2.69. The van der Waals surface area contributed by atoms with Crippen LogP contribution in [0.3, 0.4) is 0 Å². The van der Waals surface area contributed by atoms with E-state index in [2.05, 4.69) is 10.6 Å². The number of piperidine rings is 1. The highest BCUT2D eigenvalue weighted by Crippen LogP contribution is 2.33. The van der Waals surface area contributed by atoms with E-state index in [-0.39, 0.29) is 11.7 Å². The molecule has 28 heavy (non-hydrogen) atoms. The summed E-state index contributed by atoms with van der Waals surface area (Å²) in [7, 11) is 1.52. The molecule has 1 amide bonds. The van der Waals surface area contributed by atoms with Crippen molar-refractivity contribution in [3.8, 4) is 11.5 Å². The zero-order valence-electron chi connectivity index (χ0n) is 15.3. The van der Waals surface area contributed by atoms with Gasteiger partial charge in [0.25, 0.3) is 5.91 Å². The van der Waals surface area contributed by atoms with Gasteiger partial charge < -0.3 is 20.1 Å². The molecule has 2 N–H and O–H groups in total. The second-order valence-corrected chi connectivity index (χ2v) is 6.55. The van der Waals surface area contributed by atoms with Gasteiger partial charge >= 0.3 is 6.18 Å². The lowest BCUT2D eigenvalue weighted by atomic mass is 9.91. The molecule has 0 radical (unpaired) electrons. The minimum Gasteiger partial charge on any atom is -0.457 e. The SMILES string of the molecule is COC1(C(=O)Nc2ccc(Oc3cccc(C(F)(F)F)c3)cc2)CCNCC1. The van der Waals surface area contributed by atoms with Gasteiger partial charge in [-0.2, -0.15) is 13.2 Å². The van der Waals surface area contributed by atoms with E-state index < -0.39 is 17.3 Å². The molecule has 1 aliphatic rings. The quantitative estimate of drug-likeness (QED) is 0.798. The standard InChI is InChI=1S/C20H21F3N2O3/c1-27-19(9-11-24-12-10-19)18(26)25-15-5-7-16(8-6-15)28-17-4-2-3-14(13-17)20(21,22)23/h2-8,13,24H,9-12H2,1H3,(H,25,26). The van der Waals surface area contributed by atoms with Gasteiger partial charge in [0.05, 0.1) is 5.56 Å². The van der Waals surface area contributed by atoms with Crippen LogP contribution in [0.25, 0.3) is 0 Å². The number of carbonyl (C=O) groups excluding carboxylic acids is 1. The zero-order valence-corrected chi connectivity index (χ0v) is 15.3. The van der Waals surface area contributed by atoms with E-state index in [1.54, 1.807) is 24.3 Å². The Morgan fingerprint density at radius 3 is 2.36 bits per heavy atom. The van der Waals surface area contributed by atoms with Crippen LogP contribution < -0.4 is 15.4 Å². The lowest BCUT2D eigenvalue weighted by Crippen LogP contribution is -2.51. The number of methoxy groups -OCH3 is 1. The summed E-state index contributed by atoms with van der Waals surface area (Å²) in [6.07, 6.45) is -3.28. The summed E-state index contributed by atoms with van der Waals surface area (Å²) in [4.78, 5) is 12.6. The monoisotopic (exact) mass is 394 g/mol. The molecule has 2 aromatic carbocycles. The first kappa shape index (κ1) is 20.2. The van der Waals surface area contributed by atoms with Crippen molar-refractivity contribution in [2.45, 2.75) is 24.6 Å². The first-order valence-corrected chi connectivity index (χ1v) is 8.85. The molecule has 1 heterocycles. The van der Waals surface area contributed by atoms with Crippen LogP contribution in [-0.4, -0.2) is 31.7 Å². The number of hydrogen-bond acceptors (Lipinski definition) is 4. The molecular weight excluding hydrogens is 373 g/mol. The normalized spacial score (nSPS) is 16.4. The number of amides is 1. The van der Waals surface area contributed by atoms with Crippen LogP contribution in [0.5, 0.6) is 11.5 Å². The number of anilines is 1. The van der Waals surface area contributed by atoms with Gasteiger partial charge in [-0.3, -0.25) is 4.79 Å². The van der Waals surface area contributed by atoms with Gasteiger partial charge in [-0.1, -0.05) is 6.07 Å². The fourth-order valence-corrected chi connectivity index (χ4v) is 3.08. The Morgan fingerprint density at radius 2 is 1.75 bits per heavy atom. The van der Waals surface area contributed by atoms with Crippen molar-refractivity contribution in [2.75, 3.05) is 25.5 Å². The van der Waals surface area contributed by atoms with Crippen LogP contribution in [0.2, 0.25) is 0 Å². The first-order chi connectivity index (χ1) is 13.3. The molecule has 5 nitrogen and oxygen atoms in total.